The normalized spacial score (nSPS) is 24.2. The average molecular weight is 201 g/mol. The zero-order chi connectivity index (χ0) is 9.68. The molecule has 0 bridgehead atoms. The van der Waals surface area contributed by atoms with Crippen LogP contribution < -0.4 is 0 Å². The van der Waals surface area contributed by atoms with Gasteiger partial charge in [-0.25, -0.2) is 0 Å². The van der Waals surface area contributed by atoms with Crippen molar-refractivity contribution in [2.75, 3.05) is 0 Å². The largest absolute Gasteiger partial charge is 0.393 e. The van der Waals surface area contributed by atoms with E-state index in [1.54, 1.807) is 0 Å². The molecule has 0 radical (unpaired) electrons. The van der Waals surface area contributed by atoms with Gasteiger partial charge in [-0.3, -0.25) is 0 Å². The quantitative estimate of drug-likeness (QED) is 0.739. The lowest BCUT2D eigenvalue weighted by atomic mass is 9.93. The van der Waals surface area contributed by atoms with E-state index in [1.165, 1.54) is 0 Å². The first-order valence-electron chi connectivity index (χ1n) is 4.94. The lowest BCUT2D eigenvalue weighted by molar-refractivity contribution is 0.140. The van der Waals surface area contributed by atoms with Gasteiger partial charge in [-0.2, -0.15) is 0 Å². The minimum atomic E-state index is -0.148. The molecule has 2 atom stereocenters. The van der Waals surface area contributed by atoms with Crippen LogP contribution >= 0.6 is 11.6 Å². The van der Waals surface area contributed by atoms with E-state index < -0.39 is 0 Å². The summed E-state index contributed by atoms with van der Waals surface area (Å²) in [5.41, 5.74) is 0. The van der Waals surface area contributed by atoms with Crippen molar-refractivity contribution in [3.63, 3.8) is 0 Å². The van der Waals surface area contributed by atoms with Crippen LogP contribution in [-0.2, 0) is 0 Å². The molecular weight excluding hydrogens is 184 g/mol. The van der Waals surface area contributed by atoms with Gasteiger partial charge in [0, 0.05) is 5.03 Å². The number of halogens is 1. The van der Waals surface area contributed by atoms with Gasteiger partial charge in [0.05, 0.1) is 6.10 Å². The van der Waals surface area contributed by atoms with Crippen LogP contribution in [0, 0.1) is 5.92 Å². The molecule has 13 heavy (non-hydrogen) atoms. The Labute approximate surface area is 85.1 Å². The van der Waals surface area contributed by atoms with Gasteiger partial charge in [-0.1, -0.05) is 37.1 Å². The highest BCUT2D eigenvalue weighted by molar-refractivity contribution is 6.31. The van der Waals surface area contributed by atoms with E-state index in [-0.39, 0.29) is 6.10 Å². The summed E-state index contributed by atoms with van der Waals surface area (Å²) >= 11 is 5.79. The highest BCUT2D eigenvalue weighted by Crippen LogP contribution is 2.23. The van der Waals surface area contributed by atoms with Gasteiger partial charge in [-0.05, 0) is 31.3 Å². The fourth-order valence-electron chi connectivity index (χ4n) is 1.61. The second-order valence-electron chi connectivity index (χ2n) is 3.62. The Morgan fingerprint density at radius 1 is 1.69 bits per heavy atom. The van der Waals surface area contributed by atoms with Crippen molar-refractivity contribution < 1.29 is 5.11 Å². The zero-order valence-corrected chi connectivity index (χ0v) is 8.80. The standard InChI is InChI=1S/C11H17ClO/c1-2-3-11(13)8-9-4-6-10(12)7-5-9/h4,6-7,9,11,13H,2-3,5,8H2,1H3/t9?,11-/m0/s1. The van der Waals surface area contributed by atoms with E-state index in [9.17, 15) is 5.11 Å². The molecule has 0 spiro atoms. The third-order valence-corrected chi connectivity index (χ3v) is 2.62. The summed E-state index contributed by atoms with van der Waals surface area (Å²) in [5, 5.41) is 10.4. The predicted octanol–water partition coefficient (Wildman–Crippen LogP) is 3.24. The van der Waals surface area contributed by atoms with Crippen molar-refractivity contribution in [2.45, 2.75) is 38.7 Å². The molecular formula is C11H17ClO. The first-order valence-corrected chi connectivity index (χ1v) is 5.32. The summed E-state index contributed by atoms with van der Waals surface area (Å²) in [6, 6.07) is 0. The van der Waals surface area contributed by atoms with Crippen molar-refractivity contribution in [2.24, 2.45) is 5.92 Å². The van der Waals surface area contributed by atoms with Crippen molar-refractivity contribution >= 4 is 11.6 Å². The Kier molecular flexibility index (Phi) is 4.54. The van der Waals surface area contributed by atoms with Crippen molar-refractivity contribution in [1.82, 2.24) is 0 Å². The first kappa shape index (κ1) is 10.8. The van der Waals surface area contributed by atoms with Crippen LogP contribution in [0.4, 0.5) is 0 Å². The molecule has 1 rings (SSSR count). The molecule has 0 saturated carbocycles. The smallest absolute Gasteiger partial charge is 0.0545 e. The van der Waals surface area contributed by atoms with E-state index in [0.29, 0.717) is 5.92 Å². The van der Waals surface area contributed by atoms with Gasteiger partial charge < -0.3 is 5.11 Å². The number of aliphatic hydroxyl groups is 1. The van der Waals surface area contributed by atoms with E-state index in [1.807, 2.05) is 12.2 Å². The van der Waals surface area contributed by atoms with Crippen LogP contribution in [0.1, 0.15) is 32.6 Å². The summed E-state index contributed by atoms with van der Waals surface area (Å²) in [4.78, 5) is 0. The molecule has 1 unspecified atom stereocenters. The monoisotopic (exact) mass is 200 g/mol. The summed E-state index contributed by atoms with van der Waals surface area (Å²) in [6.45, 7) is 2.09. The number of rotatable bonds is 4. The second-order valence-corrected chi connectivity index (χ2v) is 4.06. The van der Waals surface area contributed by atoms with E-state index in [4.69, 9.17) is 11.6 Å². The third kappa shape index (κ3) is 3.97. The highest BCUT2D eigenvalue weighted by Gasteiger charge is 2.12. The molecule has 1 N–H and O–H groups in total. The maximum atomic E-state index is 9.58. The summed E-state index contributed by atoms with van der Waals surface area (Å²) in [6.07, 6.45) is 9.68. The number of aliphatic hydroxyl groups excluding tert-OH is 1. The molecule has 0 fully saturated rings. The van der Waals surface area contributed by atoms with Crippen LogP contribution in [0.25, 0.3) is 0 Å². The third-order valence-electron chi connectivity index (χ3n) is 2.34. The molecule has 1 aliphatic carbocycles. The van der Waals surface area contributed by atoms with Crippen LogP contribution in [0.3, 0.4) is 0 Å². The van der Waals surface area contributed by atoms with Crippen LogP contribution in [0.15, 0.2) is 23.3 Å². The Morgan fingerprint density at radius 2 is 2.46 bits per heavy atom. The van der Waals surface area contributed by atoms with Crippen molar-refractivity contribution in [3.05, 3.63) is 23.3 Å². The number of hydrogen-bond acceptors (Lipinski definition) is 1. The fraction of sp³-hybridized carbons (Fsp3) is 0.636. The fourth-order valence-corrected chi connectivity index (χ4v) is 1.78. The van der Waals surface area contributed by atoms with Crippen molar-refractivity contribution in [3.8, 4) is 0 Å². The zero-order valence-electron chi connectivity index (χ0n) is 8.04. The Balaban J connectivity index is 2.28. The molecule has 1 nitrogen and oxygen atoms in total. The lowest BCUT2D eigenvalue weighted by Crippen LogP contribution is -2.12. The van der Waals surface area contributed by atoms with Gasteiger partial charge in [0.2, 0.25) is 0 Å². The Morgan fingerprint density at radius 3 is 3.00 bits per heavy atom. The van der Waals surface area contributed by atoms with Gasteiger partial charge in [0.25, 0.3) is 0 Å². The topological polar surface area (TPSA) is 20.2 Å². The summed E-state index contributed by atoms with van der Waals surface area (Å²) in [5.74, 6) is 0.476. The van der Waals surface area contributed by atoms with Gasteiger partial charge in [0.1, 0.15) is 0 Å². The van der Waals surface area contributed by atoms with Crippen molar-refractivity contribution in [1.29, 1.82) is 0 Å². The van der Waals surface area contributed by atoms with Gasteiger partial charge >= 0.3 is 0 Å². The van der Waals surface area contributed by atoms with E-state index in [0.717, 1.165) is 30.7 Å². The minimum Gasteiger partial charge on any atom is -0.393 e. The van der Waals surface area contributed by atoms with Gasteiger partial charge in [-0.15, -0.1) is 0 Å². The molecule has 0 heterocycles. The number of hydrogen-bond donors (Lipinski definition) is 1. The molecule has 1 aliphatic rings. The van der Waals surface area contributed by atoms with Crippen LogP contribution in [0.2, 0.25) is 0 Å². The molecule has 0 aliphatic heterocycles. The van der Waals surface area contributed by atoms with Crippen LogP contribution in [-0.4, -0.2) is 11.2 Å². The molecule has 74 valence electrons. The second kappa shape index (κ2) is 5.46. The molecule has 0 aromatic rings. The minimum absolute atomic E-state index is 0.148. The molecule has 0 aromatic heterocycles. The maximum Gasteiger partial charge on any atom is 0.0545 e. The van der Waals surface area contributed by atoms with Crippen LogP contribution in [0.5, 0.6) is 0 Å². The van der Waals surface area contributed by atoms with E-state index in [2.05, 4.69) is 13.0 Å². The SMILES string of the molecule is CCC[C@H](O)CC1C=CC(Cl)=CC1. The molecule has 0 aromatic carbocycles. The Bertz CT molecular complexity index is 208. The molecule has 2 heteroatoms. The number of allylic oxidation sites excluding steroid dienone is 4. The molecule has 0 saturated heterocycles. The molecule has 0 amide bonds. The lowest BCUT2D eigenvalue weighted by Gasteiger charge is -2.17. The summed E-state index contributed by atoms with van der Waals surface area (Å²) in [7, 11) is 0. The first-order chi connectivity index (χ1) is 6.22. The van der Waals surface area contributed by atoms with Gasteiger partial charge in [0.15, 0.2) is 0 Å². The highest BCUT2D eigenvalue weighted by atomic mass is 35.5. The van der Waals surface area contributed by atoms with E-state index >= 15 is 0 Å². The average Bonchev–Trinajstić information content (AvgIpc) is 2.09. The predicted molar refractivity (Wildman–Crippen MR) is 56.7 cm³/mol. The summed E-state index contributed by atoms with van der Waals surface area (Å²) < 4.78 is 0. The Hall–Kier alpha value is -0.270. The maximum absolute atomic E-state index is 9.58.